The first-order valence-electron chi connectivity index (χ1n) is 47.5. The predicted octanol–water partition coefficient (Wildman–Crippen LogP) is 33.8. The fourth-order valence-electron chi connectivity index (χ4n) is 20.0. The average molecular weight is 1700 g/mol. The third-order valence-electron chi connectivity index (χ3n) is 24.9. The molecule has 0 fully saturated rings. The summed E-state index contributed by atoms with van der Waals surface area (Å²) < 4.78 is 18.2. The van der Waals surface area contributed by atoms with Gasteiger partial charge in [-0.25, -0.2) is 0 Å². The normalized spacial score (nSPS) is 12.4. The van der Waals surface area contributed by atoms with Gasteiger partial charge in [0.2, 0.25) is 0 Å². The molecule has 10 aromatic carbocycles. The maximum Gasteiger partial charge on any atom is 0.158 e. The SMILES string of the molecule is CC(C)Cc1cc(CC(C)C)c(-c2ccc3c(c2)c2cc(-c4c(CC(C)C)cc(CC(C)C)cc4C(C)C)ccc2n3-c2scc(-c3ccccc3OCCCCOc3ccccc3-c3csc(-n4c5ccc(-c6c(CC(C)C)cc(C(C)C)cc6CC(C)C)cc5c5cc(-c6c(CC(C)C)cc(CC(C)C)cc6C(C)C)ccc54)c3O)c2O)c(CC(C)C)c1. The fraction of sp³-hybridized carbons (Fsp3) is 0.419. The molecular weight excluding hydrogens is 1560 g/mol. The lowest BCUT2D eigenvalue weighted by Crippen LogP contribution is -2.06. The van der Waals surface area contributed by atoms with E-state index in [1.807, 2.05) is 36.4 Å². The van der Waals surface area contributed by atoms with Crippen LogP contribution < -0.4 is 9.47 Å². The van der Waals surface area contributed by atoms with Gasteiger partial charge < -0.3 is 19.7 Å². The molecule has 0 spiro atoms. The average Bonchev–Trinajstić information content (AvgIpc) is 1.58. The van der Waals surface area contributed by atoms with E-state index < -0.39 is 0 Å². The van der Waals surface area contributed by atoms with Gasteiger partial charge in [0.05, 0.1) is 35.3 Å². The van der Waals surface area contributed by atoms with E-state index in [1.165, 1.54) is 133 Å². The van der Waals surface area contributed by atoms with Crippen LogP contribution in [0, 0.1) is 53.3 Å². The van der Waals surface area contributed by atoms with E-state index in [-0.39, 0.29) is 11.5 Å². The summed E-state index contributed by atoms with van der Waals surface area (Å²) in [7, 11) is 0. The maximum absolute atomic E-state index is 13.0. The van der Waals surface area contributed by atoms with Gasteiger partial charge in [-0.3, -0.25) is 9.13 Å². The zero-order valence-corrected chi connectivity index (χ0v) is 81.5. The summed E-state index contributed by atoms with van der Waals surface area (Å²) in [5.74, 6) is 7.58. The first-order chi connectivity index (χ1) is 59.7. The van der Waals surface area contributed by atoms with Crippen molar-refractivity contribution >= 4 is 66.3 Å². The molecule has 125 heavy (non-hydrogen) atoms. The highest BCUT2D eigenvalue weighted by Crippen LogP contribution is 2.52. The van der Waals surface area contributed by atoms with Gasteiger partial charge in [-0.1, -0.05) is 275 Å². The molecule has 0 aliphatic heterocycles. The summed E-state index contributed by atoms with van der Waals surface area (Å²) in [6.07, 6.45) is 10.6. The first kappa shape index (κ1) is 91.6. The van der Waals surface area contributed by atoms with E-state index >= 15 is 0 Å². The number of hydrogen-bond acceptors (Lipinski definition) is 6. The van der Waals surface area contributed by atoms with Crippen LogP contribution in [0.15, 0.2) is 181 Å². The van der Waals surface area contributed by atoms with Gasteiger partial charge in [0, 0.05) is 54.6 Å². The summed E-state index contributed by atoms with van der Waals surface area (Å²) in [6.45, 7) is 57.2. The van der Waals surface area contributed by atoms with Crippen molar-refractivity contribution < 1.29 is 19.7 Å². The van der Waals surface area contributed by atoms with Gasteiger partial charge in [0.1, 0.15) is 21.5 Å². The van der Waals surface area contributed by atoms with Crippen molar-refractivity contribution in [2.75, 3.05) is 13.2 Å². The zero-order chi connectivity index (χ0) is 89.3. The number of thiophene rings is 2. The molecule has 0 radical (unpaired) electrons. The second kappa shape index (κ2) is 39.3. The van der Waals surface area contributed by atoms with Crippen molar-refractivity contribution in [2.45, 2.75) is 255 Å². The molecule has 0 atom stereocenters. The number of unbranched alkanes of at least 4 members (excludes halogenated alkanes) is 1. The Morgan fingerprint density at radius 3 is 0.840 bits per heavy atom. The Morgan fingerprint density at radius 1 is 0.280 bits per heavy atom. The Bertz CT molecular complexity index is 6100. The minimum absolute atomic E-state index is 0.233. The molecule has 656 valence electrons. The number of ether oxygens (including phenoxy) is 2. The van der Waals surface area contributed by atoms with E-state index in [2.05, 4.69) is 320 Å². The highest BCUT2D eigenvalue weighted by molar-refractivity contribution is 7.14. The van der Waals surface area contributed by atoms with Gasteiger partial charge in [-0.05, 0) is 314 Å². The largest absolute Gasteiger partial charge is 0.504 e. The van der Waals surface area contributed by atoms with Crippen LogP contribution in [-0.2, 0) is 57.8 Å². The second-order valence-electron chi connectivity index (χ2n) is 41.4. The summed E-state index contributed by atoms with van der Waals surface area (Å²) in [5, 5.41) is 36.5. The minimum Gasteiger partial charge on any atom is -0.504 e. The van der Waals surface area contributed by atoms with Crippen LogP contribution >= 0.6 is 22.7 Å². The minimum atomic E-state index is 0.233. The van der Waals surface area contributed by atoms with E-state index in [9.17, 15) is 10.2 Å². The number of nitrogens with zero attached hydrogens (tertiary/aromatic N) is 2. The number of hydrogen-bond donors (Lipinski definition) is 2. The van der Waals surface area contributed by atoms with Crippen LogP contribution in [0.3, 0.4) is 0 Å². The van der Waals surface area contributed by atoms with E-state index in [0.29, 0.717) is 84.2 Å². The third-order valence-corrected chi connectivity index (χ3v) is 26.8. The smallest absolute Gasteiger partial charge is 0.158 e. The number of rotatable bonds is 36. The molecule has 4 heterocycles. The van der Waals surface area contributed by atoms with Crippen LogP contribution in [0.2, 0.25) is 0 Å². The molecule has 14 aromatic rings. The molecule has 0 bridgehead atoms. The molecule has 4 aromatic heterocycles. The highest BCUT2D eigenvalue weighted by atomic mass is 32.1. The predicted molar refractivity (Wildman–Crippen MR) is 543 cm³/mol. The molecule has 2 N–H and O–H groups in total. The number of fused-ring (bicyclic) bond motifs is 6. The highest BCUT2D eigenvalue weighted by Gasteiger charge is 2.30. The van der Waals surface area contributed by atoms with Crippen LogP contribution in [0.25, 0.3) is 120 Å². The summed E-state index contributed by atoms with van der Waals surface area (Å²) in [6, 6.07) is 65.1. The molecule has 8 heteroatoms. The monoisotopic (exact) mass is 1700 g/mol. The summed E-state index contributed by atoms with van der Waals surface area (Å²) >= 11 is 3.16. The Kier molecular flexibility index (Phi) is 28.8. The molecule has 0 saturated carbocycles. The van der Waals surface area contributed by atoms with Gasteiger partial charge >= 0.3 is 0 Å². The molecular formula is C117H142N2O4S2. The first-order valence-corrected chi connectivity index (χ1v) is 49.3. The van der Waals surface area contributed by atoms with E-state index in [0.717, 1.165) is 136 Å². The van der Waals surface area contributed by atoms with Crippen LogP contribution in [0.5, 0.6) is 23.0 Å². The molecule has 0 saturated heterocycles. The second-order valence-corrected chi connectivity index (χ2v) is 43.1. The number of para-hydroxylation sites is 2. The van der Waals surface area contributed by atoms with Gasteiger partial charge in [0.25, 0.3) is 0 Å². The standard InChI is InChI=1S/C117H142N2O4S2/c1-68(2)45-80-54-88(48-71(7)8)110(89(55-80)49-72(9)10)83-35-39-104-98(62-83)100-64-85(112-90(50-73(11)12)56-81(46-69(3)4)58-96(112)78(21)22)37-41-106(100)118(104)116-114(120)102(66-124-116)94-31-25-27-33-108(94)122-43-29-30-44-123-109-34-28-26-32-95(109)103-67-125-117(115(103)121)119-105-40-36-84(111-92(52-75(15)16)60-87(77(19)20)61-93(111)53-76(17)18)63-99(105)101-65-86(38-42-107(101)119)113-91(51-74(13)14)57-82(47-70(5)6)59-97(113)79(23)24/h25-28,31-42,54-79,120-121H,29-30,43-53H2,1-24H3. The third kappa shape index (κ3) is 20.2. The lowest BCUT2D eigenvalue weighted by atomic mass is 9.82. The zero-order valence-electron chi connectivity index (χ0n) is 79.9. The fourth-order valence-corrected chi connectivity index (χ4v) is 22.0. The summed E-state index contributed by atoms with van der Waals surface area (Å²) in [4.78, 5) is 0. The van der Waals surface area contributed by atoms with Crippen molar-refractivity contribution in [3.05, 3.63) is 247 Å². The Balaban J connectivity index is 0.772. The Hall–Kier alpha value is -9.60. The van der Waals surface area contributed by atoms with E-state index in [4.69, 9.17) is 9.47 Å². The lowest BCUT2D eigenvalue weighted by Gasteiger charge is -2.22. The van der Waals surface area contributed by atoms with Crippen LogP contribution in [0.4, 0.5) is 0 Å². The number of aromatic nitrogens is 2. The van der Waals surface area contributed by atoms with Gasteiger partial charge in [-0.15, -0.1) is 22.7 Å². The van der Waals surface area contributed by atoms with Crippen molar-refractivity contribution in [2.24, 2.45) is 53.3 Å². The molecule has 0 amide bonds. The number of benzene rings is 10. The van der Waals surface area contributed by atoms with Gasteiger partial charge in [0.15, 0.2) is 11.5 Å². The van der Waals surface area contributed by atoms with Gasteiger partial charge in [-0.2, -0.15) is 0 Å². The van der Waals surface area contributed by atoms with E-state index in [1.54, 1.807) is 22.7 Å². The summed E-state index contributed by atoms with van der Waals surface area (Å²) in [5.41, 5.74) is 35.0. The molecule has 14 rings (SSSR count). The topological polar surface area (TPSA) is 68.8 Å². The van der Waals surface area contributed by atoms with Crippen molar-refractivity contribution in [1.82, 2.24) is 9.13 Å². The van der Waals surface area contributed by atoms with Crippen LogP contribution in [0.1, 0.15) is 264 Å². The van der Waals surface area contributed by atoms with Crippen LogP contribution in [-0.4, -0.2) is 32.6 Å². The molecule has 0 aliphatic rings. The quantitative estimate of drug-likeness (QED) is 0.0384. The Morgan fingerprint density at radius 2 is 0.552 bits per heavy atom. The van der Waals surface area contributed by atoms with Crippen molar-refractivity contribution in [1.29, 1.82) is 0 Å². The van der Waals surface area contributed by atoms with Crippen molar-refractivity contribution in [3.8, 4) is 99.8 Å². The number of aromatic hydroxyl groups is 2. The maximum atomic E-state index is 13.0. The van der Waals surface area contributed by atoms with Crippen molar-refractivity contribution in [3.63, 3.8) is 0 Å². The molecule has 6 nitrogen and oxygen atoms in total. The Labute approximate surface area is 757 Å². The molecule has 0 unspecified atom stereocenters. The molecule has 0 aliphatic carbocycles. The lowest BCUT2D eigenvalue weighted by molar-refractivity contribution is 0.267.